The molecule has 2 amide bonds. The lowest BCUT2D eigenvalue weighted by atomic mass is 9.94. The van der Waals surface area contributed by atoms with Crippen molar-refractivity contribution in [2.24, 2.45) is 0 Å². The van der Waals surface area contributed by atoms with Crippen molar-refractivity contribution in [3.05, 3.63) is 0 Å². The van der Waals surface area contributed by atoms with Crippen LogP contribution in [0.25, 0.3) is 0 Å². The quantitative estimate of drug-likeness (QED) is 0.130. The molecule has 17 nitrogen and oxygen atoms in total. The Morgan fingerprint density at radius 3 is 1.92 bits per heavy atom. The second kappa shape index (κ2) is 13.4. The summed E-state index contributed by atoms with van der Waals surface area (Å²) in [5.74, 6) is -1.25. The number of amides is 2. The van der Waals surface area contributed by atoms with E-state index in [9.17, 15) is 50.4 Å². The monoisotopic (exact) mass is 570 g/mol. The van der Waals surface area contributed by atoms with E-state index in [4.69, 9.17) is 23.7 Å². The summed E-state index contributed by atoms with van der Waals surface area (Å²) in [6.45, 7) is 2.42. The van der Waals surface area contributed by atoms with Crippen LogP contribution in [0.15, 0.2) is 0 Å². The van der Waals surface area contributed by atoms with Gasteiger partial charge < -0.3 is 75.2 Å². The van der Waals surface area contributed by atoms with E-state index in [1.54, 1.807) is 0 Å². The zero-order chi connectivity index (χ0) is 29.2. The van der Waals surface area contributed by atoms with Crippen LogP contribution in [-0.4, -0.2) is 158 Å². The Hall–Kier alpha value is -1.58. The van der Waals surface area contributed by atoms with Gasteiger partial charge in [0.25, 0.3) is 0 Å². The molecular formula is C22H38N2O15. The Labute approximate surface area is 223 Å². The second-order valence-electron chi connectivity index (χ2n) is 9.83. The number of nitrogens with one attached hydrogen (secondary N) is 2. The Kier molecular flexibility index (Phi) is 11.0. The summed E-state index contributed by atoms with van der Waals surface area (Å²) < 4.78 is 27.9. The first-order valence-electron chi connectivity index (χ1n) is 12.4. The van der Waals surface area contributed by atoms with Crippen LogP contribution in [0.4, 0.5) is 0 Å². The Morgan fingerprint density at radius 1 is 0.718 bits per heavy atom. The first kappa shape index (κ1) is 31.9. The van der Waals surface area contributed by atoms with Crippen LogP contribution in [0.3, 0.4) is 0 Å². The molecule has 3 aliphatic rings. The topological polar surface area (TPSA) is 266 Å². The van der Waals surface area contributed by atoms with Gasteiger partial charge in [-0.1, -0.05) is 0 Å². The van der Waals surface area contributed by atoms with Crippen LogP contribution in [0.2, 0.25) is 0 Å². The maximum atomic E-state index is 11.8. The van der Waals surface area contributed by atoms with Crippen LogP contribution in [0.5, 0.6) is 0 Å². The third-order valence-corrected chi connectivity index (χ3v) is 6.84. The maximum Gasteiger partial charge on any atom is 0.217 e. The Morgan fingerprint density at radius 2 is 1.33 bits per heavy atom. The van der Waals surface area contributed by atoms with Gasteiger partial charge in [0.2, 0.25) is 11.8 Å². The Balaban J connectivity index is 1.84. The summed E-state index contributed by atoms with van der Waals surface area (Å²) >= 11 is 0. The number of ether oxygens (including phenoxy) is 5. The van der Waals surface area contributed by atoms with Crippen molar-refractivity contribution in [2.45, 2.75) is 113 Å². The van der Waals surface area contributed by atoms with Crippen molar-refractivity contribution >= 4 is 11.8 Å². The van der Waals surface area contributed by atoms with Crippen molar-refractivity contribution < 1.29 is 74.1 Å². The van der Waals surface area contributed by atoms with Crippen LogP contribution in [0, 0.1) is 0 Å². The van der Waals surface area contributed by atoms with Crippen molar-refractivity contribution in [1.29, 1.82) is 0 Å². The minimum Gasteiger partial charge on any atom is -0.394 e. The first-order valence-corrected chi connectivity index (χ1v) is 12.4. The van der Waals surface area contributed by atoms with Crippen molar-refractivity contribution in [3.63, 3.8) is 0 Å². The van der Waals surface area contributed by atoms with Crippen LogP contribution >= 0.6 is 0 Å². The van der Waals surface area contributed by atoms with Crippen molar-refractivity contribution in [1.82, 2.24) is 10.6 Å². The highest BCUT2D eigenvalue weighted by Crippen LogP contribution is 2.30. The number of carbonyl (C=O) groups excluding carboxylic acids is 2. The highest BCUT2D eigenvalue weighted by Gasteiger charge is 2.52. The summed E-state index contributed by atoms with van der Waals surface area (Å²) in [6.07, 6.45) is -19.6. The molecule has 0 aromatic heterocycles. The predicted octanol–water partition coefficient (Wildman–Crippen LogP) is -6.26. The minimum absolute atomic E-state index is 0.547. The third kappa shape index (κ3) is 7.20. The zero-order valence-electron chi connectivity index (χ0n) is 21.5. The summed E-state index contributed by atoms with van der Waals surface area (Å²) in [5.41, 5.74) is 0. The molecule has 1 unspecified atom stereocenters. The molecule has 3 aliphatic heterocycles. The minimum atomic E-state index is -1.77. The molecule has 0 aromatic carbocycles. The average Bonchev–Trinajstić information content (AvgIpc) is 2.87. The second-order valence-corrected chi connectivity index (χ2v) is 9.83. The molecule has 10 N–H and O–H groups in total. The van der Waals surface area contributed by atoms with E-state index >= 15 is 0 Å². The molecule has 17 heteroatoms. The van der Waals surface area contributed by atoms with E-state index in [-0.39, 0.29) is 0 Å². The van der Waals surface area contributed by atoms with Gasteiger partial charge in [-0.2, -0.15) is 0 Å². The molecule has 39 heavy (non-hydrogen) atoms. The van der Waals surface area contributed by atoms with Crippen molar-refractivity contribution in [3.8, 4) is 0 Å². The normalized spacial score (nSPS) is 46.9. The predicted molar refractivity (Wildman–Crippen MR) is 123 cm³/mol. The lowest BCUT2D eigenvalue weighted by molar-refractivity contribution is -0.340. The summed E-state index contributed by atoms with van der Waals surface area (Å²) in [7, 11) is 0. The van der Waals surface area contributed by atoms with Crippen LogP contribution < -0.4 is 10.6 Å². The van der Waals surface area contributed by atoms with Gasteiger partial charge in [-0.25, -0.2) is 0 Å². The third-order valence-electron chi connectivity index (χ3n) is 6.84. The largest absolute Gasteiger partial charge is 0.394 e. The molecule has 0 bridgehead atoms. The maximum absolute atomic E-state index is 11.8. The van der Waals surface area contributed by atoms with E-state index in [0.29, 0.717) is 0 Å². The van der Waals surface area contributed by atoms with Gasteiger partial charge in [0.15, 0.2) is 18.9 Å². The van der Waals surface area contributed by atoms with Gasteiger partial charge in [-0.05, 0) is 6.92 Å². The lowest BCUT2D eigenvalue weighted by Gasteiger charge is -2.48. The molecule has 15 atom stereocenters. The first-order chi connectivity index (χ1) is 18.3. The number of hydrogen-bond donors (Lipinski definition) is 10. The standard InChI is InChI=1S/C22H38N2O15/c1-6-13(28)17(32)18(33)22(36-6)35-5-10-19(16(31)11(20(34)37-10)23-7(2)26)39-21-12(24-8(3)27)15(30)14(29)9(4-25)38-21/h6,9-22,25,28-34H,4-5H2,1-3H3,(H,23,26)(H,24,27)/t6-,9+,10+,11+,12+,13+,14+,15+,16+,17+,18-,19+,20?,21-,22+/m0/s1. The summed E-state index contributed by atoms with van der Waals surface area (Å²) in [5, 5.41) is 86.8. The zero-order valence-corrected chi connectivity index (χ0v) is 21.5. The highest BCUT2D eigenvalue weighted by molar-refractivity contribution is 5.73. The number of aliphatic hydroxyl groups excluding tert-OH is 8. The van der Waals surface area contributed by atoms with Crippen LogP contribution in [-0.2, 0) is 33.3 Å². The van der Waals surface area contributed by atoms with Crippen LogP contribution in [0.1, 0.15) is 20.8 Å². The van der Waals surface area contributed by atoms with E-state index in [1.807, 2.05) is 0 Å². The van der Waals surface area contributed by atoms with Gasteiger partial charge in [0, 0.05) is 13.8 Å². The van der Waals surface area contributed by atoms with E-state index < -0.39 is 117 Å². The molecule has 3 saturated heterocycles. The Bertz CT molecular complexity index is 837. The highest BCUT2D eigenvalue weighted by atomic mass is 16.7. The molecule has 3 rings (SSSR count). The van der Waals surface area contributed by atoms with Gasteiger partial charge >= 0.3 is 0 Å². The molecular weight excluding hydrogens is 532 g/mol. The summed E-state index contributed by atoms with van der Waals surface area (Å²) in [4.78, 5) is 23.4. The summed E-state index contributed by atoms with van der Waals surface area (Å²) in [6, 6.07) is -2.80. The molecule has 0 spiro atoms. The van der Waals surface area contributed by atoms with Crippen molar-refractivity contribution in [2.75, 3.05) is 13.2 Å². The van der Waals surface area contributed by atoms with Gasteiger partial charge in [0.05, 0.1) is 19.3 Å². The number of carbonyl (C=O) groups is 2. The van der Waals surface area contributed by atoms with Gasteiger partial charge in [-0.15, -0.1) is 0 Å². The van der Waals surface area contributed by atoms with E-state index in [1.165, 1.54) is 6.92 Å². The fourth-order valence-electron chi connectivity index (χ4n) is 4.71. The molecule has 3 heterocycles. The molecule has 0 aromatic rings. The average molecular weight is 571 g/mol. The lowest BCUT2D eigenvalue weighted by Crippen LogP contribution is -2.69. The van der Waals surface area contributed by atoms with Gasteiger partial charge in [-0.3, -0.25) is 9.59 Å². The SMILES string of the molecule is CC(=O)N[C@H]1[C@H](O[C@H]2[C@H](O)[C@@H](NC(C)=O)C(O)O[C@@H]2CO[C@@H]2O[C@@H](C)[C@@H](O)[C@@H](O)[C@@H]2O)O[C@H](CO)[C@@H](O)[C@@H]1O. The van der Waals surface area contributed by atoms with E-state index in [2.05, 4.69) is 10.6 Å². The number of rotatable bonds is 8. The smallest absolute Gasteiger partial charge is 0.217 e. The molecule has 3 fully saturated rings. The number of aliphatic hydroxyl groups is 8. The molecule has 0 saturated carbocycles. The fourth-order valence-corrected chi connectivity index (χ4v) is 4.71. The molecule has 0 radical (unpaired) electrons. The molecule has 226 valence electrons. The van der Waals surface area contributed by atoms with Gasteiger partial charge in [0.1, 0.15) is 67.0 Å². The molecule has 0 aliphatic carbocycles. The van der Waals surface area contributed by atoms with E-state index in [0.717, 1.165) is 13.8 Å². The number of hydrogen-bond acceptors (Lipinski definition) is 15. The fraction of sp³-hybridized carbons (Fsp3) is 0.909.